The predicted octanol–water partition coefficient (Wildman–Crippen LogP) is 6.18. The number of benzene rings is 3. The number of amides is 1. The van der Waals surface area contributed by atoms with Crippen molar-refractivity contribution in [3.63, 3.8) is 0 Å². The second kappa shape index (κ2) is 13.1. The molecule has 2 aliphatic heterocycles. The van der Waals surface area contributed by atoms with E-state index >= 15 is 0 Å². The van der Waals surface area contributed by atoms with Gasteiger partial charge in [0.2, 0.25) is 0 Å². The van der Waals surface area contributed by atoms with Crippen LogP contribution < -0.4 is 0 Å². The van der Waals surface area contributed by atoms with Gasteiger partial charge < -0.3 is 14.9 Å². The van der Waals surface area contributed by atoms with Crippen molar-refractivity contribution in [3.8, 4) is 0 Å². The van der Waals surface area contributed by atoms with Crippen LogP contribution in [0, 0.1) is 11.8 Å². The van der Waals surface area contributed by atoms with Crippen LogP contribution in [-0.4, -0.2) is 65.2 Å². The molecule has 0 bridgehead atoms. The summed E-state index contributed by atoms with van der Waals surface area (Å²) in [5.74, 6) is 1.80. The van der Waals surface area contributed by atoms with Crippen molar-refractivity contribution < 1.29 is 9.90 Å². The first-order valence-corrected chi connectivity index (χ1v) is 14.2. The minimum atomic E-state index is -0.820. The van der Waals surface area contributed by atoms with E-state index in [0.717, 1.165) is 64.1 Å². The minimum Gasteiger partial charge on any atom is -0.465 e. The van der Waals surface area contributed by atoms with E-state index in [1.54, 1.807) is 4.90 Å². The number of carboxylic acid groups (broad SMARTS) is 1. The van der Waals surface area contributed by atoms with Crippen molar-refractivity contribution in [2.24, 2.45) is 11.8 Å². The number of hydrogen-bond donors (Lipinski definition) is 1. The summed E-state index contributed by atoms with van der Waals surface area (Å²) >= 11 is 0. The SMILES string of the molecule is O=C(O)N(CCC1CCN(C[C@H]2CN(Cc3ccccc3)C[C@@H]2c2ccccc2)CC1)Cc1ccccc1. The van der Waals surface area contributed by atoms with Gasteiger partial charge in [-0.05, 0) is 60.9 Å². The molecule has 2 fully saturated rings. The van der Waals surface area contributed by atoms with Gasteiger partial charge in [-0.3, -0.25) is 4.90 Å². The number of likely N-dealkylation sites (tertiary alicyclic amines) is 2. The summed E-state index contributed by atoms with van der Waals surface area (Å²) in [5.41, 5.74) is 3.91. The molecule has 0 saturated carbocycles. The molecular weight excluding hydrogens is 470 g/mol. The topological polar surface area (TPSA) is 47.0 Å². The third-order valence-electron chi connectivity index (χ3n) is 8.49. The van der Waals surface area contributed by atoms with Gasteiger partial charge in [0.25, 0.3) is 0 Å². The Morgan fingerprint density at radius 2 is 1.39 bits per heavy atom. The zero-order chi connectivity index (χ0) is 26.2. The molecule has 3 aromatic rings. The standard InChI is InChI=1S/C33H41N3O2/c37-33(38)36(23-29-12-6-2-7-13-29)21-18-27-16-19-34(20-17-27)24-31-25-35(22-28-10-4-1-5-11-28)26-32(31)30-14-8-3-9-15-30/h1-15,27,31-32H,16-26H2,(H,37,38)/t31-,32+/m0/s1. The Labute approximate surface area is 227 Å². The van der Waals surface area contributed by atoms with Crippen LogP contribution in [0.25, 0.3) is 0 Å². The van der Waals surface area contributed by atoms with Gasteiger partial charge in [0.15, 0.2) is 0 Å². The van der Waals surface area contributed by atoms with Crippen molar-refractivity contribution in [1.82, 2.24) is 14.7 Å². The van der Waals surface area contributed by atoms with E-state index in [1.807, 2.05) is 30.3 Å². The lowest BCUT2D eigenvalue weighted by Gasteiger charge is -2.35. The van der Waals surface area contributed by atoms with E-state index in [4.69, 9.17) is 0 Å². The minimum absolute atomic E-state index is 0.469. The molecule has 5 rings (SSSR count). The summed E-state index contributed by atoms with van der Waals surface area (Å²) in [6.07, 6.45) is 2.46. The Kier molecular flexibility index (Phi) is 9.11. The number of rotatable bonds is 10. The van der Waals surface area contributed by atoms with Crippen molar-refractivity contribution in [2.75, 3.05) is 39.3 Å². The van der Waals surface area contributed by atoms with Crippen molar-refractivity contribution >= 4 is 6.09 Å². The maximum Gasteiger partial charge on any atom is 0.407 e. The summed E-state index contributed by atoms with van der Waals surface area (Å²) < 4.78 is 0. The molecule has 3 aromatic carbocycles. The molecule has 200 valence electrons. The first kappa shape index (κ1) is 26.5. The first-order valence-electron chi connectivity index (χ1n) is 14.2. The van der Waals surface area contributed by atoms with Gasteiger partial charge in [-0.15, -0.1) is 0 Å². The molecule has 2 saturated heterocycles. The molecule has 2 heterocycles. The number of carbonyl (C=O) groups is 1. The summed E-state index contributed by atoms with van der Waals surface area (Å²) in [5, 5.41) is 9.71. The van der Waals surface area contributed by atoms with Gasteiger partial charge in [-0.25, -0.2) is 4.79 Å². The fourth-order valence-electron chi connectivity index (χ4n) is 6.37. The average Bonchev–Trinajstić information content (AvgIpc) is 3.35. The molecule has 0 unspecified atom stereocenters. The maximum atomic E-state index is 11.8. The zero-order valence-electron chi connectivity index (χ0n) is 22.4. The van der Waals surface area contributed by atoms with E-state index in [0.29, 0.717) is 30.8 Å². The molecule has 5 heteroatoms. The van der Waals surface area contributed by atoms with Gasteiger partial charge in [0.1, 0.15) is 0 Å². The quantitative estimate of drug-likeness (QED) is 0.353. The van der Waals surface area contributed by atoms with Crippen LogP contribution in [0.3, 0.4) is 0 Å². The van der Waals surface area contributed by atoms with Crippen LogP contribution in [0.5, 0.6) is 0 Å². The fourth-order valence-corrected chi connectivity index (χ4v) is 6.37. The van der Waals surface area contributed by atoms with Gasteiger partial charge in [0.05, 0.1) is 0 Å². The van der Waals surface area contributed by atoms with E-state index in [1.165, 1.54) is 11.1 Å². The van der Waals surface area contributed by atoms with E-state index in [2.05, 4.69) is 70.5 Å². The van der Waals surface area contributed by atoms with E-state index in [9.17, 15) is 9.90 Å². The lowest BCUT2D eigenvalue weighted by Crippen LogP contribution is -2.39. The number of hydrogen-bond acceptors (Lipinski definition) is 3. The van der Waals surface area contributed by atoms with Gasteiger partial charge in [-0.1, -0.05) is 91.0 Å². The largest absolute Gasteiger partial charge is 0.465 e. The van der Waals surface area contributed by atoms with Crippen LogP contribution in [0.1, 0.15) is 41.9 Å². The van der Waals surface area contributed by atoms with Crippen molar-refractivity contribution in [2.45, 2.75) is 38.3 Å². The second-order valence-corrected chi connectivity index (χ2v) is 11.2. The van der Waals surface area contributed by atoms with Crippen LogP contribution in [0.4, 0.5) is 4.79 Å². The lowest BCUT2D eigenvalue weighted by atomic mass is 9.87. The molecule has 0 aromatic heterocycles. The van der Waals surface area contributed by atoms with E-state index < -0.39 is 6.09 Å². The Morgan fingerprint density at radius 1 is 0.789 bits per heavy atom. The van der Waals surface area contributed by atoms with Crippen molar-refractivity contribution in [3.05, 3.63) is 108 Å². The molecule has 0 aliphatic carbocycles. The summed E-state index contributed by atoms with van der Waals surface area (Å²) in [4.78, 5) is 18.7. The highest BCUT2D eigenvalue weighted by molar-refractivity contribution is 5.65. The highest BCUT2D eigenvalue weighted by Crippen LogP contribution is 2.35. The normalized spacial score (nSPS) is 20.9. The van der Waals surface area contributed by atoms with Crippen LogP contribution in [-0.2, 0) is 13.1 Å². The third kappa shape index (κ3) is 7.24. The number of piperidine rings is 1. The zero-order valence-corrected chi connectivity index (χ0v) is 22.4. The molecule has 38 heavy (non-hydrogen) atoms. The smallest absolute Gasteiger partial charge is 0.407 e. The summed E-state index contributed by atoms with van der Waals surface area (Å²) in [7, 11) is 0. The van der Waals surface area contributed by atoms with Gasteiger partial charge in [0, 0.05) is 45.2 Å². The molecule has 2 aliphatic rings. The predicted molar refractivity (Wildman–Crippen MR) is 153 cm³/mol. The van der Waals surface area contributed by atoms with Crippen LogP contribution in [0.2, 0.25) is 0 Å². The maximum absolute atomic E-state index is 11.8. The number of nitrogens with zero attached hydrogens (tertiary/aromatic N) is 3. The summed E-state index contributed by atoms with van der Waals surface area (Å²) in [6, 6.07) is 31.8. The molecule has 0 radical (unpaired) electrons. The highest BCUT2D eigenvalue weighted by atomic mass is 16.4. The van der Waals surface area contributed by atoms with Gasteiger partial charge in [-0.2, -0.15) is 0 Å². The monoisotopic (exact) mass is 511 g/mol. The molecule has 1 N–H and O–H groups in total. The Morgan fingerprint density at radius 3 is 2.03 bits per heavy atom. The Balaban J connectivity index is 1.13. The van der Waals surface area contributed by atoms with Gasteiger partial charge >= 0.3 is 6.09 Å². The Bertz CT molecular complexity index is 1120. The molecule has 2 atom stereocenters. The fraction of sp³-hybridized carbons (Fsp3) is 0.424. The van der Waals surface area contributed by atoms with Crippen LogP contribution >= 0.6 is 0 Å². The van der Waals surface area contributed by atoms with Crippen LogP contribution in [0.15, 0.2) is 91.0 Å². The Hall–Kier alpha value is -3.15. The molecule has 5 nitrogen and oxygen atoms in total. The van der Waals surface area contributed by atoms with E-state index in [-0.39, 0.29) is 0 Å². The third-order valence-corrected chi connectivity index (χ3v) is 8.49. The lowest BCUT2D eigenvalue weighted by molar-refractivity contribution is 0.125. The first-order chi connectivity index (χ1) is 18.6. The molecular formula is C33H41N3O2. The molecule has 1 amide bonds. The highest BCUT2D eigenvalue weighted by Gasteiger charge is 2.35. The average molecular weight is 512 g/mol. The molecule has 0 spiro atoms. The van der Waals surface area contributed by atoms with Crippen molar-refractivity contribution in [1.29, 1.82) is 0 Å². The second-order valence-electron chi connectivity index (χ2n) is 11.2. The summed E-state index contributed by atoms with van der Waals surface area (Å²) in [6.45, 7) is 7.74.